The van der Waals surface area contributed by atoms with Gasteiger partial charge in [0.1, 0.15) is 23.7 Å². The van der Waals surface area contributed by atoms with E-state index in [0.717, 1.165) is 15.5 Å². The number of nitrogens with one attached hydrogen (secondary N) is 1. The number of nitriles is 1. The number of amides is 1. The molecule has 0 radical (unpaired) electrons. The number of aliphatic carboxylic acids is 1. The molecule has 0 bridgehead atoms. The Kier molecular flexibility index (Phi) is 8.85. The van der Waals surface area contributed by atoms with E-state index in [0.29, 0.717) is 0 Å². The molecular weight excluding hydrogens is 628 g/mol. The fraction of sp³-hybridized carbons (Fsp3) is 0.290. The molecule has 47 heavy (non-hydrogen) atoms. The van der Waals surface area contributed by atoms with Gasteiger partial charge in [0, 0.05) is 31.9 Å². The number of halogens is 4. The quantitative estimate of drug-likeness (QED) is 0.286. The first-order valence-electron chi connectivity index (χ1n) is 14.1. The Hall–Kier alpha value is -5.56. The minimum absolute atomic E-state index is 0.00803. The molecule has 2 aromatic carbocycles. The Morgan fingerprint density at radius 3 is 2.55 bits per heavy atom. The molecule has 4 aromatic rings. The number of nitrogens with zero attached hydrogens (tertiary/aromatic N) is 5. The van der Waals surface area contributed by atoms with Gasteiger partial charge in [-0.25, -0.2) is 23.5 Å². The highest BCUT2D eigenvalue weighted by Gasteiger charge is 2.45. The minimum Gasteiger partial charge on any atom is -0.480 e. The van der Waals surface area contributed by atoms with Gasteiger partial charge in [0.2, 0.25) is 0 Å². The predicted octanol–water partition coefficient (Wildman–Crippen LogP) is 2.60. The normalized spacial score (nSPS) is 15.7. The molecule has 1 saturated heterocycles. The fourth-order valence-electron chi connectivity index (χ4n) is 5.42. The second-order valence-corrected chi connectivity index (χ2v) is 10.9. The lowest BCUT2D eigenvalue weighted by molar-refractivity contribution is -0.167. The number of carboxylic acid groups (broad SMARTS) is 1. The Morgan fingerprint density at radius 2 is 1.94 bits per heavy atom. The van der Waals surface area contributed by atoms with Gasteiger partial charge in [0.05, 0.1) is 41.3 Å². The number of pyridine rings is 1. The summed E-state index contributed by atoms with van der Waals surface area (Å²) < 4.78 is 62.8. The van der Waals surface area contributed by atoms with Crippen molar-refractivity contribution < 1.29 is 37.0 Å². The number of benzene rings is 2. The van der Waals surface area contributed by atoms with Crippen LogP contribution in [-0.2, 0) is 23.0 Å². The van der Waals surface area contributed by atoms with Crippen LogP contribution in [0.4, 0.5) is 23.2 Å². The van der Waals surface area contributed by atoms with Crippen molar-refractivity contribution in [3.63, 3.8) is 0 Å². The number of anilines is 1. The van der Waals surface area contributed by atoms with E-state index in [4.69, 9.17) is 10.00 Å². The molecule has 3 heterocycles. The molecule has 0 spiro atoms. The van der Waals surface area contributed by atoms with E-state index < -0.39 is 59.4 Å². The van der Waals surface area contributed by atoms with E-state index in [2.05, 4.69) is 10.3 Å². The molecule has 12 nitrogen and oxygen atoms in total. The molecule has 2 N–H and O–H groups in total. The summed E-state index contributed by atoms with van der Waals surface area (Å²) in [6.45, 7) is 0.522. The molecule has 0 aliphatic carbocycles. The van der Waals surface area contributed by atoms with E-state index >= 15 is 4.39 Å². The van der Waals surface area contributed by atoms with Crippen molar-refractivity contribution >= 4 is 28.5 Å². The lowest BCUT2D eigenvalue weighted by Gasteiger charge is -2.38. The zero-order chi connectivity index (χ0) is 34.2. The maximum Gasteiger partial charge on any atom is 0.411 e. The highest BCUT2D eigenvalue weighted by Crippen LogP contribution is 2.33. The Morgan fingerprint density at radius 1 is 1.19 bits per heavy atom. The van der Waals surface area contributed by atoms with Crippen LogP contribution >= 0.6 is 0 Å². The van der Waals surface area contributed by atoms with Gasteiger partial charge >= 0.3 is 17.8 Å². The van der Waals surface area contributed by atoms with Crippen LogP contribution in [0.15, 0.2) is 58.3 Å². The molecule has 1 aliphatic rings. The molecule has 1 fully saturated rings. The SMILES string of the molecule is Cc1cc(N2CCOC[C@@H]2C(F)(F)F)cc(F)c1C(=O)N[C@@H](Cc1ccc(-n2c(=O)c3ccc(C#N)cc3n(C)c2=O)nc1)C(=O)O. The van der Waals surface area contributed by atoms with Crippen LogP contribution in [0.2, 0.25) is 0 Å². The van der Waals surface area contributed by atoms with Crippen molar-refractivity contribution in [3.8, 4) is 11.9 Å². The summed E-state index contributed by atoms with van der Waals surface area (Å²) in [7, 11) is 1.43. The number of rotatable bonds is 7. The van der Waals surface area contributed by atoms with Crippen molar-refractivity contribution in [2.45, 2.75) is 31.6 Å². The summed E-state index contributed by atoms with van der Waals surface area (Å²) in [4.78, 5) is 56.4. The fourth-order valence-corrected chi connectivity index (χ4v) is 5.42. The van der Waals surface area contributed by atoms with Gasteiger partial charge < -0.3 is 20.1 Å². The van der Waals surface area contributed by atoms with Crippen molar-refractivity contribution in [3.05, 3.63) is 97.6 Å². The third-order valence-electron chi connectivity index (χ3n) is 7.82. The number of carboxylic acids is 1. The monoisotopic (exact) mass is 654 g/mol. The van der Waals surface area contributed by atoms with E-state index in [1.807, 2.05) is 6.07 Å². The van der Waals surface area contributed by atoms with Gasteiger partial charge in [0.15, 0.2) is 0 Å². The third kappa shape index (κ3) is 6.42. The Bertz CT molecular complexity index is 2030. The first-order chi connectivity index (χ1) is 22.2. The van der Waals surface area contributed by atoms with Crippen molar-refractivity contribution in [1.82, 2.24) is 19.4 Å². The van der Waals surface area contributed by atoms with Gasteiger partial charge in [-0.1, -0.05) is 6.07 Å². The summed E-state index contributed by atoms with van der Waals surface area (Å²) >= 11 is 0. The van der Waals surface area contributed by atoms with Crippen molar-refractivity contribution in [2.75, 3.05) is 24.7 Å². The van der Waals surface area contributed by atoms with Crippen LogP contribution in [-0.4, -0.2) is 69.1 Å². The van der Waals surface area contributed by atoms with E-state index in [9.17, 15) is 37.5 Å². The van der Waals surface area contributed by atoms with E-state index in [-0.39, 0.29) is 58.7 Å². The largest absolute Gasteiger partial charge is 0.480 e. The molecule has 2 aromatic heterocycles. The van der Waals surface area contributed by atoms with Crippen LogP contribution in [0.5, 0.6) is 0 Å². The van der Waals surface area contributed by atoms with Crippen molar-refractivity contribution in [2.24, 2.45) is 7.05 Å². The van der Waals surface area contributed by atoms with Crippen LogP contribution in [0.25, 0.3) is 16.7 Å². The van der Waals surface area contributed by atoms with Gasteiger partial charge in [0.25, 0.3) is 11.5 Å². The van der Waals surface area contributed by atoms with Crippen LogP contribution in [0, 0.1) is 24.1 Å². The number of carbonyl (C=O) groups is 2. The number of aromatic nitrogens is 3. The summed E-state index contributed by atoms with van der Waals surface area (Å²) in [5.74, 6) is -3.75. The summed E-state index contributed by atoms with van der Waals surface area (Å²) in [5, 5.41) is 21.4. The highest BCUT2D eigenvalue weighted by atomic mass is 19.4. The number of hydrogen-bond acceptors (Lipinski definition) is 8. The molecule has 0 unspecified atom stereocenters. The van der Waals surface area contributed by atoms with Gasteiger partial charge in [-0.15, -0.1) is 0 Å². The zero-order valence-corrected chi connectivity index (χ0v) is 24.8. The first-order valence-corrected chi connectivity index (χ1v) is 14.1. The minimum atomic E-state index is -4.65. The lowest BCUT2D eigenvalue weighted by Crippen LogP contribution is -2.53. The Labute approximate surface area is 263 Å². The number of hydrogen-bond donors (Lipinski definition) is 2. The smallest absolute Gasteiger partial charge is 0.411 e. The third-order valence-corrected chi connectivity index (χ3v) is 7.82. The first kappa shape index (κ1) is 32.8. The van der Waals surface area contributed by atoms with Crippen molar-refractivity contribution in [1.29, 1.82) is 5.26 Å². The molecule has 1 amide bonds. The number of morpholine rings is 1. The Balaban J connectivity index is 1.37. The van der Waals surface area contributed by atoms with E-state index in [1.165, 1.54) is 61.1 Å². The molecule has 5 rings (SSSR count). The second kappa shape index (κ2) is 12.7. The molecule has 2 atom stereocenters. The summed E-state index contributed by atoms with van der Waals surface area (Å²) in [6, 6.07) is 7.36. The maximum atomic E-state index is 15.2. The van der Waals surface area contributed by atoms with Gasteiger partial charge in [-0.2, -0.15) is 18.4 Å². The molecule has 244 valence electrons. The number of alkyl halides is 3. The number of ether oxygens (including phenoxy) is 1. The standard InChI is InChI=1S/C31H26F4N6O6/c1-16-9-19(40-7-8-47-15-24(40)31(33,34)35)12-21(32)26(16)27(42)38-22(29(44)45)10-18-4-6-25(37-14-18)41-28(43)20-5-3-17(13-36)11-23(20)39(2)30(41)46/h3-6,9,11-12,14,22,24H,7-8,10,15H2,1-2H3,(H,38,42)(H,44,45)/t22-,24+/m0/s1. The number of aryl methyl sites for hydroxylation is 2. The van der Waals surface area contributed by atoms with Gasteiger partial charge in [-0.3, -0.25) is 14.2 Å². The van der Waals surface area contributed by atoms with Crippen LogP contribution in [0.3, 0.4) is 0 Å². The average molecular weight is 655 g/mol. The molecule has 0 saturated carbocycles. The number of carbonyl (C=O) groups excluding carboxylic acids is 1. The predicted molar refractivity (Wildman–Crippen MR) is 159 cm³/mol. The average Bonchev–Trinajstić information content (AvgIpc) is 3.03. The molecule has 1 aliphatic heterocycles. The topological polar surface area (TPSA) is 160 Å². The number of fused-ring (bicyclic) bond motifs is 1. The van der Waals surface area contributed by atoms with E-state index in [1.54, 1.807) is 0 Å². The summed E-state index contributed by atoms with van der Waals surface area (Å²) in [5.41, 5.74) is -1.27. The molecule has 16 heteroatoms. The molecular formula is C31H26F4N6O6. The maximum absolute atomic E-state index is 15.2. The van der Waals surface area contributed by atoms with Gasteiger partial charge in [-0.05, 0) is 54.4 Å². The highest BCUT2D eigenvalue weighted by molar-refractivity contribution is 5.98. The van der Waals surface area contributed by atoms with Crippen LogP contribution in [0.1, 0.15) is 27.0 Å². The van der Waals surface area contributed by atoms with Crippen LogP contribution < -0.4 is 21.5 Å². The summed E-state index contributed by atoms with van der Waals surface area (Å²) in [6.07, 6.45) is -3.76. The lowest BCUT2D eigenvalue weighted by atomic mass is 10.0. The second-order valence-electron chi connectivity index (χ2n) is 10.9. The zero-order valence-electron chi connectivity index (χ0n) is 24.8.